The number of alkyl carbamates (subject to hydrolysis) is 2. The van der Waals surface area contributed by atoms with Crippen molar-refractivity contribution >= 4 is 34.8 Å². The maximum atomic E-state index is 13.5. The molecule has 7 rings (SSSR count). The van der Waals surface area contributed by atoms with Crippen LogP contribution in [0.3, 0.4) is 0 Å². The van der Waals surface area contributed by atoms with Crippen LogP contribution in [0, 0.1) is 5.92 Å². The van der Waals surface area contributed by atoms with Gasteiger partial charge in [-0.2, -0.15) is 0 Å². The second-order valence-electron chi connectivity index (χ2n) is 14.7. The summed E-state index contributed by atoms with van der Waals surface area (Å²) in [6.07, 6.45) is 7.56. The van der Waals surface area contributed by atoms with Gasteiger partial charge < -0.3 is 39.9 Å². The number of benzene rings is 3. The molecule has 14 heteroatoms. The lowest BCUT2D eigenvalue weighted by atomic mass is 9.97. The van der Waals surface area contributed by atoms with Crippen molar-refractivity contribution in [1.29, 1.82) is 0 Å². The number of methoxy groups -OCH3 is 2. The van der Waals surface area contributed by atoms with E-state index in [0.717, 1.165) is 69.5 Å². The van der Waals surface area contributed by atoms with E-state index >= 15 is 0 Å². The summed E-state index contributed by atoms with van der Waals surface area (Å²) in [4.78, 5) is 69.8. The molecule has 4 N–H and O–H groups in total. The normalized spacial score (nSPS) is 18.2. The summed E-state index contributed by atoms with van der Waals surface area (Å²) >= 11 is 0. The Bertz CT molecular complexity index is 2280. The van der Waals surface area contributed by atoms with Gasteiger partial charge in [-0.3, -0.25) is 9.59 Å². The van der Waals surface area contributed by atoms with Crippen LogP contribution in [0.5, 0.6) is 0 Å². The molecular formula is C43H48N8O6. The molecule has 0 spiro atoms. The molecule has 1 aliphatic carbocycles. The van der Waals surface area contributed by atoms with Crippen LogP contribution < -0.4 is 10.6 Å². The molecule has 3 heterocycles. The molecule has 1 aliphatic heterocycles. The van der Waals surface area contributed by atoms with E-state index in [0.29, 0.717) is 24.7 Å². The van der Waals surface area contributed by atoms with E-state index in [1.165, 1.54) is 14.2 Å². The van der Waals surface area contributed by atoms with Crippen LogP contribution in [0.25, 0.3) is 44.4 Å². The first-order chi connectivity index (χ1) is 27.6. The lowest BCUT2D eigenvalue weighted by Crippen LogP contribution is -2.50. The molecule has 1 saturated heterocycles. The molecule has 2 bridgehead atoms. The third-order valence-electron chi connectivity index (χ3n) is 11.1. The zero-order valence-corrected chi connectivity index (χ0v) is 32.6. The Morgan fingerprint density at radius 1 is 0.842 bits per heavy atom. The van der Waals surface area contributed by atoms with E-state index in [-0.39, 0.29) is 30.4 Å². The molecule has 3 aromatic carbocycles. The fourth-order valence-electron chi connectivity index (χ4n) is 8.10. The van der Waals surface area contributed by atoms with Crippen LogP contribution in [0.2, 0.25) is 0 Å². The fourth-order valence-corrected chi connectivity index (χ4v) is 8.10. The van der Waals surface area contributed by atoms with E-state index in [1.54, 1.807) is 31.0 Å². The van der Waals surface area contributed by atoms with Crippen molar-refractivity contribution in [3.8, 4) is 33.6 Å². The number of amides is 4. The van der Waals surface area contributed by atoms with E-state index in [2.05, 4.69) is 85.4 Å². The number of aromatic nitrogens is 4. The highest BCUT2D eigenvalue weighted by atomic mass is 16.5. The summed E-state index contributed by atoms with van der Waals surface area (Å²) in [5, 5.41) is 7.34. The Morgan fingerprint density at radius 2 is 1.46 bits per heavy atom. The molecule has 296 valence electrons. The lowest BCUT2D eigenvalue weighted by molar-refractivity contribution is -0.137. The van der Waals surface area contributed by atoms with Crippen molar-refractivity contribution in [2.75, 3.05) is 20.8 Å². The maximum Gasteiger partial charge on any atom is 0.407 e. The van der Waals surface area contributed by atoms with Crippen molar-refractivity contribution in [3.05, 3.63) is 97.4 Å². The van der Waals surface area contributed by atoms with Gasteiger partial charge in [-0.1, -0.05) is 54.6 Å². The second kappa shape index (κ2) is 16.7. The molecule has 2 aromatic heterocycles. The summed E-state index contributed by atoms with van der Waals surface area (Å²) < 4.78 is 9.35. The van der Waals surface area contributed by atoms with Crippen LogP contribution in [0.1, 0.15) is 57.2 Å². The Labute approximate surface area is 331 Å². The monoisotopic (exact) mass is 772 g/mol. The van der Waals surface area contributed by atoms with Gasteiger partial charge in [-0.15, -0.1) is 6.58 Å². The van der Waals surface area contributed by atoms with E-state index in [1.807, 2.05) is 23.2 Å². The molecule has 57 heavy (non-hydrogen) atoms. The number of imidazole rings is 2. The summed E-state index contributed by atoms with van der Waals surface area (Å²) in [6.45, 7) is 7.75. The molecule has 5 aromatic rings. The largest absolute Gasteiger partial charge is 0.453 e. The van der Waals surface area contributed by atoms with E-state index in [9.17, 15) is 19.2 Å². The quantitative estimate of drug-likeness (QED) is 0.0953. The molecule has 4 amide bonds. The highest BCUT2D eigenvalue weighted by molar-refractivity contribution is 5.91. The highest BCUT2D eigenvalue weighted by Gasteiger charge is 2.50. The van der Waals surface area contributed by atoms with Gasteiger partial charge >= 0.3 is 12.2 Å². The van der Waals surface area contributed by atoms with E-state index in [4.69, 9.17) is 9.72 Å². The molecular weight excluding hydrogens is 725 g/mol. The van der Waals surface area contributed by atoms with Crippen LogP contribution in [0.15, 0.2) is 85.7 Å². The van der Waals surface area contributed by atoms with Crippen LogP contribution in [-0.2, 0) is 25.6 Å². The summed E-state index contributed by atoms with van der Waals surface area (Å²) in [5.41, 5.74) is 5.81. The molecule has 5 atom stereocenters. The second-order valence-corrected chi connectivity index (χ2v) is 14.7. The number of nitrogens with zero attached hydrogens (tertiary/aromatic N) is 4. The van der Waals surface area contributed by atoms with Gasteiger partial charge in [0.25, 0.3) is 0 Å². The first-order valence-electron chi connectivity index (χ1n) is 19.2. The number of ether oxygens (including phenoxy) is 2. The molecule has 1 saturated carbocycles. The number of H-pyrrole nitrogens is 2. The number of carbonyl (C=O) groups is 4. The summed E-state index contributed by atoms with van der Waals surface area (Å²) in [6, 6.07) is 19.5. The minimum atomic E-state index is -0.761. The molecule has 14 nitrogen and oxygen atoms in total. The van der Waals surface area contributed by atoms with Crippen LogP contribution in [-0.4, -0.2) is 92.6 Å². The number of piperidine rings is 1. The number of likely N-dealkylation sites (tertiary alicyclic amines) is 1. The van der Waals surface area contributed by atoms with E-state index < -0.39 is 24.3 Å². The Kier molecular flexibility index (Phi) is 11.4. The van der Waals surface area contributed by atoms with Gasteiger partial charge in [-0.05, 0) is 85.0 Å². The predicted molar refractivity (Wildman–Crippen MR) is 215 cm³/mol. The van der Waals surface area contributed by atoms with Crippen molar-refractivity contribution < 1.29 is 28.7 Å². The van der Waals surface area contributed by atoms with Gasteiger partial charge in [0.15, 0.2) is 0 Å². The molecule has 0 radical (unpaired) electrons. The lowest BCUT2D eigenvalue weighted by Gasteiger charge is -2.36. The summed E-state index contributed by atoms with van der Waals surface area (Å²) in [7, 11) is 2.54. The van der Waals surface area contributed by atoms with Gasteiger partial charge in [0.05, 0.1) is 50.6 Å². The Morgan fingerprint density at radius 3 is 2.16 bits per heavy atom. The number of fused-ring (bicyclic) bond motifs is 3. The van der Waals surface area contributed by atoms with Gasteiger partial charge in [0, 0.05) is 18.2 Å². The average molecular weight is 773 g/mol. The summed E-state index contributed by atoms with van der Waals surface area (Å²) in [5.74, 6) is 1.33. The number of nitrogens with one attached hydrogen (secondary N) is 4. The third-order valence-corrected chi connectivity index (χ3v) is 11.1. The smallest absolute Gasteiger partial charge is 0.407 e. The van der Waals surface area contributed by atoms with Gasteiger partial charge in [0.1, 0.15) is 23.7 Å². The van der Waals surface area contributed by atoms with Crippen LogP contribution >= 0.6 is 0 Å². The average Bonchev–Trinajstić information content (AvgIpc) is 4.07. The first-order valence-corrected chi connectivity index (χ1v) is 19.2. The molecule has 2 aliphatic rings. The number of hydrogen-bond donors (Lipinski definition) is 4. The first kappa shape index (κ1) is 38.8. The van der Waals surface area contributed by atoms with Crippen molar-refractivity contribution in [3.63, 3.8) is 0 Å². The molecule has 2 fully saturated rings. The fraction of sp³-hybridized carbons (Fsp3) is 0.349. The Balaban J connectivity index is 1.02. The highest BCUT2D eigenvalue weighted by Crippen LogP contribution is 2.50. The maximum absolute atomic E-state index is 13.5. The zero-order chi connectivity index (χ0) is 40.2. The number of aromatic amines is 2. The van der Waals surface area contributed by atoms with Crippen LogP contribution in [0.4, 0.5) is 9.59 Å². The van der Waals surface area contributed by atoms with Crippen molar-refractivity contribution in [1.82, 2.24) is 40.4 Å². The minimum absolute atomic E-state index is 0.128. The van der Waals surface area contributed by atoms with Crippen molar-refractivity contribution in [2.24, 2.45) is 5.92 Å². The zero-order valence-electron chi connectivity index (χ0n) is 32.6. The number of hydrogen-bond acceptors (Lipinski definition) is 8. The standard InChI is InChI=1S/C43H48N8O6/c1-6-7-18-50(40(52)25(2)46-42(54)56-4)24-37-44-22-35(48-37)28-10-8-27(9-11-28)29-12-13-31-20-32(15-14-30(31)19-29)36-23-45-39(49-36)38-33-16-17-34(21-33)51(38)41(53)26(3)47-43(55)57-5/h6,8-15,19-20,22-23,25-26,33-34,38H,1,7,16-18,21,24H2,2-5H3,(H,44,48)(H,45,49)(H,46,54)(H,47,55)/t25-,26-,33-,34+,38?/m0/s1. The topological polar surface area (TPSA) is 175 Å². The van der Waals surface area contributed by atoms with Gasteiger partial charge in [-0.25, -0.2) is 19.6 Å². The predicted octanol–water partition coefficient (Wildman–Crippen LogP) is 6.73. The minimum Gasteiger partial charge on any atom is -0.453 e. The van der Waals surface area contributed by atoms with Crippen molar-refractivity contribution in [2.45, 2.75) is 70.2 Å². The number of rotatable bonds is 13. The SMILES string of the molecule is C=CCCN(Cc1ncc(-c2ccc(-c3ccc4cc(-c5cnc(C6[C@H]7CC[C@H](C7)N6C(=O)[C@H](C)NC(=O)OC)[nH]5)ccc4c3)cc2)[nH]1)C(=O)[C@H](C)NC(=O)OC. The Hall–Kier alpha value is -6.44. The van der Waals surface area contributed by atoms with Gasteiger partial charge in [0.2, 0.25) is 11.8 Å². The number of carbonyl (C=O) groups excluding carboxylic acids is 4. The third kappa shape index (κ3) is 8.25. The molecule has 1 unspecified atom stereocenters.